The summed E-state index contributed by atoms with van der Waals surface area (Å²) in [6.45, 7) is 12.5. The first-order valence-electron chi connectivity index (χ1n) is 6.91. The van der Waals surface area contributed by atoms with Crippen molar-refractivity contribution in [2.24, 2.45) is 11.3 Å². The molecule has 4 nitrogen and oxygen atoms in total. The third kappa shape index (κ3) is 8.49. The summed E-state index contributed by atoms with van der Waals surface area (Å²) in [4.78, 5) is 0. The van der Waals surface area contributed by atoms with E-state index < -0.39 is 26.7 Å². The van der Waals surface area contributed by atoms with Crippen molar-refractivity contribution in [3.05, 3.63) is 0 Å². The molecule has 122 valence electrons. The van der Waals surface area contributed by atoms with Crippen molar-refractivity contribution in [3.63, 3.8) is 0 Å². The van der Waals surface area contributed by atoms with Crippen molar-refractivity contribution in [1.29, 1.82) is 0 Å². The molecular formula is C14H31NO3S2. The molecule has 0 aliphatic rings. The molecule has 0 amide bonds. The Balaban J connectivity index is 5.19. The molecular weight excluding hydrogens is 294 g/mol. The van der Waals surface area contributed by atoms with E-state index in [-0.39, 0.29) is 11.3 Å². The predicted molar refractivity (Wildman–Crippen MR) is 87.8 cm³/mol. The van der Waals surface area contributed by atoms with Crippen LogP contribution in [0.2, 0.25) is 0 Å². The van der Waals surface area contributed by atoms with Crippen LogP contribution < -0.4 is 0 Å². The zero-order valence-electron chi connectivity index (χ0n) is 14.2. The maximum atomic E-state index is 12.0. The van der Waals surface area contributed by atoms with Crippen LogP contribution in [-0.2, 0) is 21.2 Å². The molecule has 0 saturated carbocycles. The smallest absolute Gasteiger partial charge is 0.211 e. The standard InChI is InChI=1S/C14H31NO3S2/c1-13(2,3)9-12(11-19(7)16)10-15(14(4,5)6)20(8,17)18/h12H,9-11H2,1-8H3. The maximum Gasteiger partial charge on any atom is 0.211 e. The minimum absolute atomic E-state index is 0.0884. The van der Waals surface area contributed by atoms with Gasteiger partial charge in [0.2, 0.25) is 10.0 Å². The van der Waals surface area contributed by atoms with E-state index in [1.54, 1.807) is 6.26 Å². The lowest BCUT2D eigenvalue weighted by molar-refractivity contribution is 0.196. The fourth-order valence-electron chi connectivity index (χ4n) is 2.52. The summed E-state index contributed by atoms with van der Waals surface area (Å²) in [6, 6.07) is 0. The van der Waals surface area contributed by atoms with E-state index in [1.807, 2.05) is 20.8 Å². The second-order valence-electron chi connectivity index (χ2n) is 7.84. The lowest BCUT2D eigenvalue weighted by atomic mass is 9.85. The van der Waals surface area contributed by atoms with E-state index in [2.05, 4.69) is 20.8 Å². The molecule has 20 heavy (non-hydrogen) atoms. The maximum absolute atomic E-state index is 12.0. The summed E-state index contributed by atoms with van der Waals surface area (Å²) in [5.74, 6) is 0.647. The van der Waals surface area contributed by atoms with Crippen molar-refractivity contribution < 1.29 is 13.0 Å². The van der Waals surface area contributed by atoms with Gasteiger partial charge < -0.3 is 4.55 Å². The van der Waals surface area contributed by atoms with E-state index in [1.165, 1.54) is 10.6 Å². The van der Waals surface area contributed by atoms with Gasteiger partial charge in [0, 0.05) is 18.0 Å². The third-order valence-corrected chi connectivity index (χ3v) is 5.38. The van der Waals surface area contributed by atoms with E-state index in [0.717, 1.165) is 6.42 Å². The highest BCUT2D eigenvalue weighted by Gasteiger charge is 2.34. The first-order chi connectivity index (χ1) is 8.63. The largest absolute Gasteiger partial charge is 0.617 e. The fraction of sp³-hybridized carbons (Fsp3) is 1.00. The second kappa shape index (κ2) is 6.99. The third-order valence-electron chi connectivity index (χ3n) is 2.94. The predicted octanol–water partition coefficient (Wildman–Crippen LogP) is 2.48. The Morgan fingerprint density at radius 2 is 1.60 bits per heavy atom. The van der Waals surface area contributed by atoms with Gasteiger partial charge in [0.1, 0.15) is 5.75 Å². The van der Waals surface area contributed by atoms with Crippen molar-refractivity contribution in [2.75, 3.05) is 24.8 Å². The molecule has 0 rings (SSSR count). The van der Waals surface area contributed by atoms with Crippen molar-refractivity contribution >= 4 is 21.2 Å². The van der Waals surface area contributed by atoms with Gasteiger partial charge in [-0.3, -0.25) is 0 Å². The number of hydrogen-bond acceptors (Lipinski definition) is 3. The van der Waals surface area contributed by atoms with Gasteiger partial charge in [-0.25, -0.2) is 8.42 Å². The molecule has 0 aromatic carbocycles. The highest BCUT2D eigenvalue weighted by molar-refractivity contribution is 7.90. The zero-order valence-corrected chi connectivity index (χ0v) is 15.8. The molecule has 0 heterocycles. The molecule has 0 aromatic rings. The first kappa shape index (κ1) is 20.2. The fourth-order valence-corrected chi connectivity index (χ4v) is 4.88. The number of hydrogen-bond donors (Lipinski definition) is 0. The van der Waals surface area contributed by atoms with Gasteiger partial charge in [-0.05, 0) is 32.6 Å². The van der Waals surface area contributed by atoms with E-state index in [4.69, 9.17) is 0 Å². The van der Waals surface area contributed by atoms with Crippen LogP contribution in [0.5, 0.6) is 0 Å². The Labute approximate surface area is 128 Å². The molecule has 0 saturated heterocycles. The van der Waals surface area contributed by atoms with E-state index in [0.29, 0.717) is 12.3 Å². The molecule has 0 radical (unpaired) electrons. The van der Waals surface area contributed by atoms with Crippen LogP contribution >= 0.6 is 0 Å². The van der Waals surface area contributed by atoms with Gasteiger partial charge in [0.25, 0.3) is 0 Å². The van der Waals surface area contributed by atoms with Gasteiger partial charge >= 0.3 is 0 Å². The zero-order chi connectivity index (χ0) is 16.4. The van der Waals surface area contributed by atoms with Gasteiger partial charge in [-0.1, -0.05) is 31.9 Å². The average Bonchev–Trinajstić information content (AvgIpc) is 2.06. The van der Waals surface area contributed by atoms with Crippen LogP contribution in [0, 0.1) is 11.3 Å². The molecule has 0 bridgehead atoms. The molecule has 0 spiro atoms. The van der Waals surface area contributed by atoms with Crippen LogP contribution in [0.3, 0.4) is 0 Å². The van der Waals surface area contributed by atoms with Gasteiger partial charge in [0.15, 0.2) is 0 Å². The molecule has 0 fully saturated rings. The summed E-state index contributed by atoms with van der Waals surface area (Å²) >= 11 is -0.922. The number of sulfonamides is 1. The SMILES string of the molecule is C[S+]([O-])CC(CN(C(C)(C)C)S(C)(=O)=O)CC(C)(C)C. The molecule has 6 heteroatoms. The monoisotopic (exact) mass is 325 g/mol. The number of rotatable bonds is 6. The normalized spacial score (nSPS) is 17.3. The van der Waals surface area contributed by atoms with Crippen LogP contribution in [0.15, 0.2) is 0 Å². The van der Waals surface area contributed by atoms with Crippen molar-refractivity contribution in [1.82, 2.24) is 4.31 Å². The highest BCUT2D eigenvalue weighted by atomic mass is 32.2. The van der Waals surface area contributed by atoms with Crippen LogP contribution in [0.4, 0.5) is 0 Å². The van der Waals surface area contributed by atoms with Crippen LogP contribution in [0.1, 0.15) is 48.0 Å². The highest BCUT2D eigenvalue weighted by Crippen LogP contribution is 2.28. The van der Waals surface area contributed by atoms with E-state index >= 15 is 0 Å². The number of nitrogens with zero attached hydrogens (tertiary/aromatic N) is 1. The Kier molecular flexibility index (Phi) is 7.06. The van der Waals surface area contributed by atoms with Crippen molar-refractivity contribution in [3.8, 4) is 0 Å². The average molecular weight is 326 g/mol. The Hall–Kier alpha value is 0.220. The molecule has 0 aliphatic heterocycles. The molecule has 2 atom stereocenters. The first-order valence-corrected chi connectivity index (χ1v) is 10.5. The molecule has 0 aliphatic carbocycles. The quantitative estimate of drug-likeness (QED) is 0.705. The van der Waals surface area contributed by atoms with Gasteiger partial charge in [-0.2, -0.15) is 4.31 Å². The van der Waals surface area contributed by atoms with Crippen molar-refractivity contribution in [2.45, 2.75) is 53.5 Å². The lowest BCUT2D eigenvalue weighted by Crippen LogP contribution is -2.48. The summed E-state index contributed by atoms with van der Waals surface area (Å²) in [5, 5.41) is 0. The Morgan fingerprint density at radius 3 is 1.85 bits per heavy atom. The van der Waals surface area contributed by atoms with E-state index in [9.17, 15) is 13.0 Å². The minimum Gasteiger partial charge on any atom is -0.617 e. The van der Waals surface area contributed by atoms with Crippen LogP contribution in [-0.4, -0.2) is 47.6 Å². The summed E-state index contributed by atoms with van der Waals surface area (Å²) in [7, 11) is -3.27. The Bertz CT molecular complexity index is 392. The summed E-state index contributed by atoms with van der Waals surface area (Å²) in [6.07, 6.45) is 3.78. The Morgan fingerprint density at radius 1 is 1.15 bits per heavy atom. The molecule has 0 aromatic heterocycles. The minimum atomic E-state index is -3.27. The summed E-state index contributed by atoms with van der Waals surface area (Å²) < 4.78 is 37.1. The van der Waals surface area contributed by atoms with Gasteiger partial charge in [-0.15, -0.1) is 0 Å². The molecule has 0 N–H and O–H groups in total. The second-order valence-corrected chi connectivity index (χ2v) is 11.2. The van der Waals surface area contributed by atoms with Gasteiger partial charge in [0.05, 0.1) is 12.5 Å². The topological polar surface area (TPSA) is 60.4 Å². The lowest BCUT2D eigenvalue weighted by Gasteiger charge is -2.37. The molecule has 2 unspecified atom stereocenters. The van der Waals surface area contributed by atoms with Crippen LogP contribution in [0.25, 0.3) is 0 Å². The summed E-state index contributed by atoms with van der Waals surface area (Å²) in [5.41, 5.74) is -0.371.